The van der Waals surface area contributed by atoms with Crippen molar-refractivity contribution in [3.8, 4) is 0 Å². The zero-order chi connectivity index (χ0) is 13.3. The first-order chi connectivity index (χ1) is 8.49. The minimum absolute atomic E-state index is 0.148. The van der Waals surface area contributed by atoms with E-state index in [-0.39, 0.29) is 5.69 Å². The predicted molar refractivity (Wildman–Crippen MR) is 59.8 cm³/mol. The van der Waals surface area contributed by atoms with Gasteiger partial charge in [-0.1, -0.05) is 0 Å². The lowest BCUT2D eigenvalue weighted by molar-refractivity contribution is 0.0690. The Bertz CT molecular complexity index is 610. The highest BCUT2D eigenvalue weighted by Gasteiger charge is 2.18. The molecule has 7 heteroatoms. The summed E-state index contributed by atoms with van der Waals surface area (Å²) in [5.74, 6) is -4.14. The molecule has 2 N–H and O–H groups in total. The van der Waals surface area contributed by atoms with Crippen molar-refractivity contribution in [2.45, 2.75) is 0 Å². The van der Waals surface area contributed by atoms with E-state index in [0.29, 0.717) is 5.69 Å². The molecular formula is C11H9F2N3O2. The van der Waals surface area contributed by atoms with Crippen LogP contribution in [0.15, 0.2) is 24.5 Å². The van der Waals surface area contributed by atoms with Crippen molar-refractivity contribution < 1.29 is 18.7 Å². The summed E-state index contributed by atoms with van der Waals surface area (Å²) in [6.45, 7) is 0. The number of benzene rings is 1. The van der Waals surface area contributed by atoms with Crippen LogP contribution in [-0.4, -0.2) is 20.9 Å². The van der Waals surface area contributed by atoms with Gasteiger partial charge in [0.05, 0.1) is 23.1 Å². The SMILES string of the molecule is Cn1cc(Nc2ccc(C(=O)O)c(F)c2F)cn1. The number of carboxylic acids is 1. The average molecular weight is 253 g/mol. The smallest absolute Gasteiger partial charge is 0.338 e. The molecule has 0 aliphatic carbocycles. The summed E-state index contributed by atoms with van der Waals surface area (Å²) in [4.78, 5) is 10.6. The molecule has 0 fully saturated rings. The van der Waals surface area contributed by atoms with Crippen molar-refractivity contribution in [3.63, 3.8) is 0 Å². The number of halogens is 2. The molecule has 0 atom stereocenters. The Morgan fingerprint density at radius 2 is 2.11 bits per heavy atom. The van der Waals surface area contributed by atoms with E-state index in [1.54, 1.807) is 13.2 Å². The van der Waals surface area contributed by atoms with Gasteiger partial charge in [-0.2, -0.15) is 5.10 Å². The maximum atomic E-state index is 13.6. The van der Waals surface area contributed by atoms with E-state index in [9.17, 15) is 13.6 Å². The summed E-state index contributed by atoms with van der Waals surface area (Å²) in [7, 11) is 1.68. The van der Waals surface area contributed by atoms with Crippen molar-refractivity contribution in [1.82, 2.24) is 9.78 Å². The lowest BCUT2D eigenvalue weighted by Crippen LogP contribution is -2.05. The summed E-state index contributed by atoms with van der Waals surface area (Å²) in [6.07, 6.45) is 3.00. The first-order valence-electron chi connectivity index (χ1n) is 4.96. The number of aromatic carboxylic acids is 1. The second-order valence-electron chi connectivity index (χ2n) is 3.62. The van der Waals surface area contributed by atoms with E-state index < -0.39 is 23.2 Å². The lowest BCUT2D eigenvalue weighted by Gasteiger charge is -2.07. The first-order valence-corrected chi connectivity index (χ1v) is 4.96. The maximum absolute atomic E-state index is 13.6. The van der Waals surface area contributed by atoms with Crippen LogP contribution in [0.3, 0.4) is 0 Å². The molecule has 0 radical (unpaired) electrons. The molecule has 0 amide bonds. The van der Waals surface area contributed by atoms with E-state index in [4.69, 9.17) is 5.11 Å². The average Bonchev–Trinajstić information content (AvgIpc) is 2.70. The van der Waals surface area contributed by atoms with Gasteiger partial charge in [0, 0.05) is 13.2 Å². The fraction of sp³-hybridized carbons (Fsp3) is 0.0909. The molecule has 1 aromatic heterocycles. The lowest BCUT2D eigenvalue weighted by atomic mass is 10.2. The largest absolute Gasteiger partial charge is 0.478 e. The Hall–Kier alpha value is -2.44. The maximum Gasteiger partial charge on any atom is 0.338 e. The van der Waals surface area contributed by atoms with Crippen LogP contribution in [-0.2, 0) is 7.05 Å². The Balaban J connectivity index is 2.35. The molecule has 0 aliphatic rings. The van der Waals surface area contributed by atoms with Crippen molar-refractivity contribution in [2.24, 2.45) is 7.05 Å². The molecule has 0 saturated heterocycles. The number of anilines is 2. The summed E-state index contributed by atoms with van der Waals surface area (Å²) < 4.78 is 28.5. The standard InChI is InChI=1S/C11H9F2N3O2/c1-16-5-6(4-14-16)15-8-3-2-7(11(17)18)9(12)10(8)13/h2-5,15H,1H3,(H,17,18). The molecule has 0 spiro atoms. The topological polar surface area (TPSA) is 67.2 Å². The second-order valence-corrected chi connectivity index (χ2v) is 3.62. The number of nitrogens with zero attached hydrogens (tertiary/aromatic N) is 2. The minimum atomic E-state index is -1.51. The van der Waals surface area contributed by atoms with E-state index >= 15 is 0 Å². The number of rotatable bonds is 3. The van der Waals surface area contributed by atoms with E-state index in [2.05, 4.69) is 10.4 Å². The second kappa shape index (κ2) is 4.44. The molecule has 2 aromatic rings. The highest BCUT2D eigenvalue weighted by Crippen LogP contribution is 2.23. The number of carboxylic acid groups (broad SMARTS) is 1. The molecule has 0 unspecified atom stereocenters. The molecular weight excluding hydrogens is 244 g/mol. The van der Waals surface area contributed by atoms with Gasteiger partial charge in [0.25, 0.3) is 0 Å². The molecule has 1 aromatic carbocycles. The van der Waals surface area contributed by atoms with Gasteiger partial charge in [0.1, 0.15) is 0 Å². The van der Waals surface area contributed by atoms with Gasteiger partial charge in [-0.3, -0.25) is 4.68 Å². The van der Waals surface area contributed by atoms with Gasteiger partial charge in [0.15, 0.2) is 11.6 Å². The zero-order valence-corrected chi connectivity index (χ0v) is 9.32. The number of hydrogen-bond acceptors (Lipinski definition) is 3. The summed E-state index contributed by atoms with van der Waals surface area (Å²) in [5, 5.41) is 15.1. The van der Waals surface area contributed by atoms with Gasteiger partial charge in [-0.25, -0.2) is 13.6 Å². The fourth-order valence-corrected chi connectivity index (χ4v) is 1.45. The Morgan fingerprint density at radius 3 is 2.67 bits per heavy atom. The van der Waals surface area contributed by atoms with Crippen LogP contribution in [0.4, 0.5) is 20.2 Å². The van der Waals surface area contributed by atoms with Crippen LogP contribution in [0.5, 0.6) is 0 Å². The summed E-state index contributed by atoms with van der Waals surface area (Å²) >= 11 is 0. The van der Waals surface area contributed by atoms with Gasteiger partial charge >= 0.3 is 5.97 Å². The third-order valence-electron chi connectivity index (χ3n) is 2.30. The Morgan fingerprint density at radius 1 is 1.39 bits per heavy atom. The highest BCUT2D eigenvalue weighted by atomic mass is 19.2. The first kappa shape index (κ1) is 12.0. The summed E-state index contributed by atoms with van der Waals surface area (Å²) in [5.41, 5.74) is -0.381. The molecule has 1 heterocycles. The molecule has 18 heavy (non-hydrogen) atoms. The van der Waals surface area contributed by atoms with Gasteiger partial charge in [-0.05, 0) is 12.1 Å². The Labute approximate surface area is 101 Å². The monoisotopic (exact) mass is 253 g/mol. The molecule has 0 aliphatic heterocycles. The molecule has 2 rings (SSSR count). The normalized spacial score (nSPS) is 10.4. The number of carbonyl (C=O) groups is 1. The fourth-order valence-electron chi connectivity index (χ4n) is 1.45. The molecule has 94 valence electrons. The molecule has 0 saturated carbocycles. The number of aromatic nitrogens is 2. The van der Waals surface area contributed by atoms with Crippen molar-refractivity contribution in [1.29, 1.82) is 0 Å². The zero-order valence-electron chi connectivity index (χ0n) is 9.32. The van der Waals surface area contributed by atoms with Crippen LogP contribution in [0, 0.1) is 11.6 Å². The third-order valence-corrected chi connectivity index (χ3v) is 2.30. The van der Waals surface area contributed by atoms with Crippen LogP contribution in [0.1, 0.15) is 10.4 Å². The van der Waals surface area contributed by atoms with Crippen molar-refractivity contribution in [3.05, 3.63) is 41.7 Å². The van der Waals surface area contributed by atoms with Crippen LogP contribution in [0.25, 0.3) is 0 Å². The minimum Gasteiger partial charge on any atom is -0.478 e. The van der Waals surface area contributed by atoms with E-state index in [1.807, 2.05) is 0 Å². The number of hydrogen-bond donors (Lipinski definition) is 2. The molecule has 5 nitrogen and oxygen atoms in total. The van der Waals surface area contributed by atoms with Gasteiger partial charge < -0.3 is 10.4 Å². The van der Waals surface area contributed by atoms with E-state index in [0.717, 1.165) is 12.1 Å². The Kier molecular flexibility index (Phi) is 2.97. The van der Waals surface area contributed by atoms with Crippen molar-refractivity contribution >= 4 is 17.3 Å². The van der Waals surface area contributed by atoms with Gasteiger partial charge in [-0.15, -0.1) is 0 Å². The highest BCUT2D eigenvalue weighted by molar-refractivity contribution is 5.88. The van der Waals surface area contributed by atoms with E-state index in [1.165, 1.54) is 10.9 Å². The van der Waals surface area contributed by atoms with Crippen LogP contribution < -0.4 is 5.32 Å². The van der Waals surface area contributed by atoms with Crippen molar-refractivity contribution in [2.75, 3.05) is 5.32 Å². The molecule has 0 bridgehead atoms. The van der Waals surface area contributed by atoms with Crippen LogP contribution >= 0.6 is 0 Å². The third kappa shape index (κ3) is 2.15. The quantitative estimate of drug-likeness (QED) is 0.879. The van der Waals surface area contributed by atoms with Crippen LogP contribution in [0.2, 0.25) is 0 Å². The van der Waals surface area contributed by atoms with Gasteiger partial charge in [0.2, 0.25) is 0 Å². The number of aryl methyl sites for hydroxylation is 1. The summed E-state index contributed by atoms with van der Waals surface area (Å²) in [6, 6.07) is 2.16. The number of nitrogens with one attached hydrogen (secondary N) is 1. The predicted octanol–water partition coefficient (Wildman–Crippen LogP) is 2.14.